The third-order valence-electron chi connectivity index (χ3n) is 2.61. The van der Waals surface area contributed by atoms with Crippen LogP contribution in [0.5, 0.6) is 5.75 Å². The molecule has 2 aromatic carbocycles. The molecule has 0 bridgehead atoms. The molecule has 0 saturated heterocycles. The molecular formula is C13H11BClFO3. The molecular weight excluding hydrogens is 269 g/mol. The molecule has 0 aromatic heterocycles. The number of para-hydroxylation sites is 1. The first-order valence-electron chi connectivity index (χ1n) is 5.60. The van der Waals surface area contributed by atoms with E-state index < -0.39 is 7.12 Å². The van der Waals surface area contributed by atoms with Crippen molar-refractivity contribution in [1.82, 2.24) is 0 Å². The Hall–Kier alpha value is -1.56. The monoisotopic (exact) mass is 280 g/mol. The molecule has 2 aromatic rings. The zero-order valence-electron chi connectivity index (χ0n) is 9.88. The standard InChI is InChI=1S/C13H11BClFO3/c15-11-6-3-5-10(14(17)18)13(11)19-8-9-4-1-2-7-12(9)16/h1-7,17-18H,8H2. The van der Waals surface area contributed by atoms with E-state index in [4.69, 9.17) is 16.3 Å². The number of hydrogen-bond acceptors (Lipinski definition) is 3. The Balaban J connectivity index is 2.22. The van der Waals surface area contributed by atoms with Crippen molar-refractivity contribution in [2.75, 3.05) is 0 Å². The van der Waals surface area contributed by atoms with Crippen molar-refractivity contribution in [3.8, 4) is 5.75 Å². The summed E-state index contributed by atoms with van der Waals surface area (Å²) in [6.07, 6.45) is 0. The van der Waals surface area contributed by atoms with Crippen LogP contribution in [0.3, 0.4) is 0 Å². The van der Waals surface area contributed by atoms with Gasteiger partial charge in [-0.3, -0.25) is 0 Å². The van der Waals surface area contributed by atoms with Gasteiger partial charge in [0.05, 0.1) is 5.02 Å². The molecule has 6 heteroatoms. The van der Waals surface area contributed by atoms with Gasteiger partial charge in [-0.25, -0.2) is 4.39 Å². The van der Waals surface area contributed by atoms with Crippen LogP contribution in [0.2, 0.25) is 5.02 Å². The van der Waals surface area contributed by atoms with Gasteiger partial charge in [0.15, 0.2) is 0 Å². The maximum atomic E-state index is 13.4. The van der Waals surface area contributed by atoms with Crippen LogP contribution >= 0.6 is 11.6 Å². The van der Waals surface area contributed by atoms with Crippen LogP contribution in [0, 0.1) is 5.82 Å². The molecule has 2 rings (SSSR count). The van der Waals surface area contributed by atoms with Crippen molar-refractivity contribution in [1.29, 1.82) is 0 Å². The Labute approximate surface area is 115 Å². The normalized spacial score (nSPS) is 10.3. The summed E-state index contributed by atoms with van der Waals surface area (Å²) in [6, 6.07) is 10.8. The number of hydrogen-bond donors (Lipinski definition) is 2. The second kappa shape index (κ2) is 6.06. The Morgan fingerprint density at radius 3 is 2.53 bits per heavy atom. The predicted molar refractivity (Wildman–Crippen MR) is 72.0 cm³/mol. The lowest BCUT2D eigenvalue weighted by Crippen LogP contribution is -2.31. The van der Waals surface area contributed by atoms with Gasteiger partial charge >= 0.3 is 7.12 Å². The van der Waals surface area contributed by atoms with E-state index in [1.165, 1.54) is 12.1 Å². The van der Waals surface area contributed by atoms with E-state index in [-0.39, 0.29) is 28.7 Å². The van der Waals surface area contributed by atoms with Crippen LogP contribution < -0.4 is 10.2 Å². The summed E-state index contributed by atoms with van der Waals surface area (Å²) >= 11 is 5.94. The molecule has 0 aliphatic carbocycles. The number of ether oxygens (including phenoxy) is 1. The summed E-state index contributed by atoms with van der Waals surface area (Å²) in [5.74, 6) is -0.247. The highest BCUT2D eigenvalue weighted by molar-refractivity contribution is 6.60. The first-order chi connectivity index (χ1) is 9.09. The minimum Gasteiger partial charge on any atom is -0.488 e. The van der Waals surface area contributed by atoms with Gasteiger partial charge in [0, 0.05) is 11.0 Å². The zero-order valence-corrected chi connectivity index (χ0v) is 10.6. The van der Waals surface area contributed by atoms with Gasteiger partial charge in [0.1, 0.15) is 18.2 Å². The Kier molecular flexibility index (Phi) is 4.42. The second-order valence-corrected chi connectivity index (χ2v) is 4.32. The van der Waals surface area contributed by atoms with Crippen molar-refractivity contribution in [3.63, 3.8) is 0 Å². The van der Waals surface area contributed by atoms with Gasteiger partial charge in [0.25, 0.3) is 0 Å². The van der Waals surface area contributed by atoms with Crippen molar-refractivity contribution < 1.29 is 19.2 Å². The van der Waals surface area contributed by atoms with Gasteiger partial charge < -0.3 is 14.8 Å². The van der Waals surface area contributed by atoms with Crippen LogP contribution in [0.15, 0.2) is 42.5 Å². The lowest BCUT2D eigenvalue weighted by Gasteiger charge is -2.13. The summed E-state index contributed by atoms with van der Waals surface area (Å²) in [6.45, 7) is -0.0455. The van der Waals surface area contributed by atoms with Gasteiger partial charge in [-0.2, -0.15) is 0 Å². The van der Waals surface area contributed by atoms with Crippen LogP contribution in [-0.4, -0.2) is 17.2 Å². The van der Waals surface area contributed by atoms with Crippen LogP contribution in [0.1, 0.15) is 5.56 Å². The molecule has 3 nitrogen and oxygen atoms in total. The number of benzene rings is 2. The summed E-state index contributed by atoms with van der Waals surface area (Å²) in [5.41, 5.74) is 0.504. The fraction of sp³-hybridized carbons (Fsp3) is 0.0769. The van der Waals surface area contributed by atoms with Crippen LogP contribution in [-0.2, 0) is 6.61 Å². The first kappa shape index (κ1) is 13.9. The molecule has 0 heterocycles. The van der Waals surface area contributed by atoms with Crippen LogP contribution in [0.4, 0.5) is 4.39 Å². The first-order valence-corrected chi connectivity index (χ1v) is 5.98. The van der Waals surface area contributed by atoms with E-state index in [1.807, 2.05) is 0 Å². The third kappa shape index (κ3) is 3.26. The molecule has 0 saturated carbocycles. The fourth-order valence-corrected chi connectivity index (χ4v) is 1.88. The summed E-state index contributed by atoms with van der Waals surface area (Å²) in [5, 5.41) is 18.7. The van der Waals surface area contributed by atoms with Gasteiger partial charge in [-0.1, -0.05) is 41.9 Å². The van der Waals surface area contributed by atoms with E-state index >= 15 is 0 Å². The van der Waals surface area contributed by atoms with E-state index in [0.717, 1.165) is 0 Å². The zero-order chi connectivity index (χ0) is 13.8. The lowest BCUT2D eigenvalue weighted by molar-refractivity contribution is 0.300. The largest absolute Gasteiger partial charge is 0.492 e. The third-order valence-corrected chi connectivity index (χ3v) is 2.90. The Bertz CT molecular complexity index is 578. The number of rotatable bonds is 4. The molecule has 0 unspecified atom stereocenters. The van der Waals surface area contributed by atoms with E-state index in [0.29, 0.717) is 5.56 Å². The van der Waals surface area contributed by atoms with Gasteiger partial charge in [-0.15, -0.1) is 0 Å². The van der Waals surface area contributed by atoms with Gasteiger partial charge in [-0.05, 0) is 12.1 Å². The minimum absolute atomic E-state index is 0.0455. The van der Waals surface area contributed by atoms with E-state index in [1.54, 1.807) is 30.3 Å². The summed E-state index contributed by atoms with van der Waals surface area (Å²) in [7, 11) is -1.70. The molecule has 0 fully saturated rings. The molecule has 0 aliphatic rings. The molecule has 2 N–H and O–H groups in total. The van der Waals surface area contributed by atoms with Gasteiger partial charge in [0.2, 0.25) is 0 Å². The summed E-state index contributed by atoms with van der Waals surface area (Å²) in [4.78, 5) is 0. The highest BCUT2D eigenvalue weighted by atomic mass is 35.5. The second-order valence-electron chi connectivity index (χ2n) is 3.91. The SMILES string of the molecule is OB(O)c1cccc(Cl)c1OCc1ccccc1F. The number of halogens is 2. The minimum atomic E-state index is -1.70. The fourth-order valence-electron chi connectivity index (χ4n) is 1.65. The van der Waals surface area contributed by atoms with Crippen molar-refractivity contribution in [3.05, 3.63) is 58.9 Å². The smallest absolute Gasteiger partial charge is 0.488 e. The van der Waals surface area contributed by atoms with Crippen LogP contribution in [0.25, 0.3) is 0 Å². The molecule has 0 radical (unpaired) electrons. The lowest BCUT2D eigenvalue weighted by atomic mass is 9.79. The molecule has 0 amide bonds. The van der Waals surface area contributed by atoms with Crippen molar-refractivity contribution in [2.45, 2.75) is 6.61 Å². The van der Waals surface area contributed by atoms with E-state index in [9.17, 15) is 14.4 Å². The Morgan fingerprint density at radius 1 is 1.11 bits per heavy atom. The topological polar surface area (TPSA) is 49.7 Å². The molecule has 0 spiro atoms. The van der Waals surface area contributed by atoms with E-state index in [2.05, 4.69) is 0 Å². The quantitative estimate of drug-likeness (QED) is 0.839. The highest BCUT2D eigenvalue weighted by Crippen LogP contribution is 2.23. The maximum Gasteiger partial charge on any atom is 0.492 e. The molecule has 19 heavy (non-hydrogen) atoms. The molecule has 0 aliphatic heterocycles. The highest BCUT2D eigenvalue weighted by Gasteiger charge is 2.19. The average Bonchev–Trinajstić information content (AvgIpc) is 2.38. The molecule has 98 valence electrons. The Morgan fingerprint density at radius 2 is 1.84 bits per heavy atom. The van der Waals surface area contributed by atoms with Crippen molar-refractivity contribution in [2.24, 2.45) is 0 Å². The van der Waals surface area contributed by atoms with Crippen molar-refractivity contribution >= 4 is 24.2 Å². The predicted octanol–water partition coefficient (Wildman–Crippen LogP) is 1.74. The average molecular weight is 280 g/mol. The molecule has 0 atom stereocenters. The maximum absolute atomic E-state index is 13.4. The summed E-state index contributed by atoms with van der Waals surface area (Å²) < 4.78 is 18.8.